The van der Waals surface area contributed by atoms with Crippen molar-refractivity contribution in [3.63, 3.8) is 0 Å². The fourth-order valence-electron chi connectivity index (χ4n) is 2.18. The molecule has 0 atom stereocenters. The van der Waals surface area contributed by atoms with Crippen molar-refractivity contribution in [2.24, 2.45) is 0 Å². The van der Waals surface area contributed by atoms with Gasteiger partial charge in [0.05, 0.1) is 6.54 Å². The van der Waals surface area contributed by atoms with E-state index in [4.69, 9.17) is 9.26 Å². The highest BCUT2D eigenvalue weighted by molar-refractivity contribution is 5.92. The second-order valence-electron chi connectivity index (χ2n) is 5.21. The first-order chi connectivity index (χ1) is 11.6. The third kappa shape index (κ3) is 4.92. The summed E-state index contributed by atoms with van der Waals surface area (Å²) in [7, 11) is 1.47. The molecule has 1 heterocycles. The van der Waals surface area contributed by atoms with Gasteiger partial charge in [-0.15, -0.1) is 0 Å². The molecule has 2 rings (SSSR count). The van der Waals surface area contributed by atoms with Crippen molar-refractivity contribution in [3.05, 3.63) is 53.4 Å². The van der Waals surface area contributed by atoms with Crippen LogP contribution in [0.15, 0.2) is 40.9 Å². The Labute approximate surface area is 140 Å². The van der Waals surface area contributed by atoms with Crippen molar-refractivity contribution in [1.82, 2.24) is 15.4 Å². The van der Waals surface area contributed by atoms with E-state index in [-0.39, 0.29) is 30.7 Å². The SMILES string of the molecule is CCNC(=O)c1cc(CN(Cc2ccccc2)C(=O)COC)on1. The quantitative estimate of drug-likeness (QED) is 0.794. The topological polar surface area (TPSA) is 84.7 Å². The zero-order chi connectivity index (χ0) is 17.4. The molecule has 24 heavy (non-hydrogen) atoms. The lowest BCUT2D eigenvalue weighted by Gasteiger charge is -2.21. The van der Waals surface area contributed by atoms with Gasteiger partial charge in [-0.3, -0.25) is 9.59 Å². The summed E-state index contributed by atoms with van der Waals surface area (Å²) in [6, 6.07) is 11.2. The Morgan fingerprint density at radius 2 is 2.00 bits per heavy atom. The number of hydrogen-bond donors (Lipinski definition) is 1. The Balaban J connectivity index is 2.10. The third-order valence-electron chi connectivity index (χ3n) is 3.31. The van der Waals surface area contributed by atoms with Gasteiger partial charge >= 0.3 is 0 Å². The number of methoxy groups -OCH3 is 1. The highest BCUT2D eigenvalue weighted by Gasteiger charge is 2.18. The van der Waals surface area contributed by atoms with Crippen LogP contribution in [0.25, 0.3) is 0 Å². The van der Waals surface area contributed by atoms with Crippen LogP contribution in [0.1, 0.15) is 28.7 Å². The molecule has 0 aliphatic heterocycles. The van der Waals surface area contributed by atoms with Gasteiger partial charge in [-0.1, -0.05) is 35.5 Å². The molecule has 1 aromatic carbocycles. The predicted molar refractivity (Wildman–Crippen MR) is 87.1 cm³/mol. The van der Waals surface area contributed by atoms with Gasteiger partial charge in [-0.05, 0) is 12.5 Å². The van der Waals surface area contributed by atoms with Crippen molar-refractivity contribution in [2.45, 2.75) is 20.0 Å². The van der Waals surface area contributed by atoms with Gasteiger partial charge in [0.25, 0.3) is 5.91 Å². The summed E-state index contributed by atoms with van der Waals surface area (Å²) < 4.78 is 10.1. The normalized spacial score (nSPS) is 10.4. The van der Waals surface area contributed by atoms with Gasteiger partial charge in [-0.25, -0.2) is 0 Å². The van der Waals surface area contributed by atoms with Crippen LogP contribution in [-0.4, -0.2) is 42.1 Å². The van der Waals surface area contributed by atoms with Gasteiger partial charge < -0.3 is 19.5 Å². The van der Waals surface area contributed by atoms with E-state index < -0.39 is 0 Å². The molecule has 0 fully saturated rings. The summed E-state index contributed by atoms with van der Waals surface area (Å²) >= 11 is 0. The molecule has 0 radical (unpaired) electrons. The van der Waals surface area contributed by atoms with Gasteiger partial charge in [0.1, 0.15) is 6.61 Å². The van der Waals surface area contributed by atoms with E-state index in [0.717, 1.165) is 5.56 Å². The first-order valence-corrected chi connectivity index (χ1v) is 7.68. The summed E-state index contributed by atoms with van der Waals surface area (Å²) in [6.07, 6.45) is 0. The van der Waals surface area contributed by atoms with Crippen LogP contribution in [0.2, 0.25) is 0 Å². The average molecular weight is 331 g/mol. The second kappa shape index (κ2) is 8.83. The standard InChI is InChI=1S/C17H21N3O4/c1-3-18-17(22)15-9-14(24-19-15)11-20(16(21)12-23-2)10-13-7-5-4-6-8-13/h4-9H,3,10-12H2,1-2H3,(H,18,22). The van der Waals surface area contributed by atoms with Crippen LogP contribution in [0.5, 0.6) is 0 Å². The second-order valence-corrected chi connectivity index (χ2v) is 5.21. The molecule has 7 nitrogen and oxygen atoms in total. The number of nitrogens with one attached hydrogen (secondary N) is 1. The number of carbonyl (C=O) groups excluding carboxylic acids is 2. The van der Waals surface area contributed by atoms with E-state index in [1.807, 2.05) is 37.3 Å². The number of ether oxygens (including phenoxy) is 1. The van der Waals surface area contributed by atoms with Crippen molar-refractivity contribution < 1.29 is 18.8 Å². The smallest absolute Gasteiger partial charge is 0.273 e. The van der Waals surface area contributed by atoms with Gasteiger partial charge in [0.15, 0.2) is 11.5 Å². The number of aromatic nitrogens is 1. The summed E-state index contributed by atoms with van der Waals surface area (Å²) in [5, 5.41) is 6.39. The molecule has 7 heteroatoms. The lowest BCUT2D eigenvalue weighted by atomic mass is 10.2. The summed E-state index contributed by atoms with van der Waals surface area (Å²) in [5.74, 6) is -0.0284. The first-order valence-electron chi connectivity index (χ1n) is 7.68. The Morgan fingerprint density at radius 3 is 2.67 bits per heavy atom. The zero-order valence-electron chi connectivity index (χ0n) is 13.8. The molecule has 2 amide bonds. The number of hydrogen-bond acceptors (Lipinski definition) is 5. The number of benzene rings is 1. The minimum absolute atomic E-state index is 0.0237. The predicted octanol–water partition coefficient (Wildman–Crippen LogP) is 1.60. The fourth-order valence-corrected chi connectivity index (χ4v) is 2.18. The molecule has 0 saturated carbocycles. The third-order valence-corrected chi connectivity index (χ3v) is 3.31. The summed E-state index contributed by atoms with van der Waals surface area (Å²) in [5.41, 5.74) is 1.19. The van der Waals surface area contributed by atoms with E-state index in [1.165, 1.54) is 7.11 Å². The Kier molecular flexibility index (Phi) is 6.51. The Bertz CT molecular complexity index is 669. The fraction of sp³-hybridized carbons (Fsp3) is 0.353. The maximum absolute atomic E-state index is 12.3. The Morgan fingerprint density at radius 1 is 1.25 bits per heavy atom. The lowest BCUT2D eigenvalue weighted by Crippen LogP contribution is -2.32. The number of carbonyl (C=O) groups is 2. The van der Waals surface area contributed by atoms with Crippen molar-refractivity contribution in [3.8, 4) is 0 Å². The monoisotopic (exact) mass is 331 g/mol. The molecule has 0 saturated heterocycles. The van der Waals surface area contributed by atoms with Crippen LogP contribution in [0.4, 0.5) is 0 Å². The van der Waals surface area contributed by atoms with Gasteiger partial charge in [0.2, 0.25) is 5.91 Å². The minimum Gasteiger partial charge on any atom is -0.375 e. The largest absolute Gasteiger partial charge is 0.375 e. The van der Waals surface area contributed by atoms with Crippen LogP contribution in [0, 0.1) is 0 Å². The molecule has 0 aliphatic rings. The number of nitrogens with zero attached hydrogens (tertiary/aromatic N) is 2. The molecule has 0 bridgehead atoms. The van der Waals surface area contributed by atoms with Crippen LogP contribution in [-0.2, 0) is 22.6 Å². The first kappa shape index (κ1) is 17.7. The van der Waals surface area contributed by atoms with Crippen molar-refractivity contribution in [1.29, 1.82) is 0 Å². The number of rotatable bonds is 8. The van der Waals surface area contributed by atoms with E-state index >= 15 is 0 Å². The van der Waals surface area contributed by atoms with Crippen LogP contribution >= 0.6 is 0 Å². The Hall–Kier alpha value is -2.67. The molecule has 0 unspecified atom stereocenters. The van der Waals surface area contributed by atoms with Crippen LogP contribution < -0.4 is 5.32 Å². The van der Waals surface area contributed by atoms with E-state index in [1.54, 1.807) is 11.0 Å². The van der Waals surface area contributed by atoms with Crippen molar-refractivity contribution >= 4 is 11.8 Å². The summed E-state index contributed by atoms with van der Waals surface area (Å²) in [6.45, 7) is 2.94. The van der Waals surface area contributed by atoms with E-state index in [9.17, 15) is 9.59 Å². The molecular weight excluding hydrogens is 310 g/mol. The molecule has 0 spiro atoms. The minimum atomic E-state index is -0.301. The molecule has 0 aliphatic carbocycles. The summed E-state index contributed by atoms with van der Waals surface area (Å²) in [4.78, 5) is 25.6. The van der Waals surface area contributed by atoms with E-state index in [0.29, 0.717) is 18.8 Å². The number of amides is 2. The average Bonchev–Trinajstić information content (AvgIpc) is 3.04. The molecular formula is C17H21N3O4. The van der Waals surface area contributed by atoms with E-state index in [2.05, 4.69) is 10.5 Å². The molecule has 1 aromatic heterocycles. The molecule has 2 aromatic rings. The highest BCUT2D eigenvalue weighted by atomic mass is 16.5. The van der Waals surface area contributed by atoms with Crippen LogP contribution in [0.3, 0.4) is 0 Å². The molecule has 1 N–H and O–H groups in total. The van der Waals surface area contributed by atoms with Gasteiger partial charge in [0, 0.05) is 26.3 Å². The van der Waals surface area contributed by atoms with Crippen molar-refractivity contribution in [2.75, 3.05) is 20.3 Å². The maximum Gasteiger partial charge on any atom is 0.273 e. The van der Waals surface area contributed by atoms with Gasteiger partial charge in [-0.2, -0.15) is 0 Å². The zero-order valence-corrected chi connectivity index (χ0v) is 13.8. The lowest BCUT2D eigenvalue weighted by molar-refractivity contribution is -0.136. The maximum atomic E-state index is 12.3. The highest BCUT2D eigenvalue weighted by Crippen LogP contribution is 2.12. The molecule has 128 valence electrons.